The van der Waals surface area contributed by atoms with Gasteiger partial charge in [-0.3, -0.25) is 4.79 Å². The van der Waals surface area contributed by atoms with E-state index in [4.69, 9.17) is 4.74 Å². The second-order valence-electron chi connectivity index (χ2n) is 7.16. The van der Waals surface area contributed by atoms with E-state index in [1.54, 1.807) is 6.92 Å². The van der Waals surface area contributed by atoms with E-state index in [1.807, 2.05) is 13.8 Å². The Balaban J connectivity index is 2.14. The lowest BCUT2D eigenvalue weighted by Gasteiger charge is -2.31. The minimum Gasteiger partial charge on any atom is -0.482 e. The Morgan fingerprint density at radius 1 is 1.32 bits per heavy atom. The molecule has 0 radical (unpaired) electrons. The maximum Gasteiger partial charge on any atom is 0.343 e. The zero-order valence-corrected chi connectivity index (χ0v) is 17.5. The van der Waals surface area contributed by atoms with Crippen molar-refractivity contribution < 1.29 is 27.5 Å². The molecule has 1 N–H and O–H groups in total. The Bertz CT molecular complexity index is 822. The first-order valence-corrected chi connectivity index (χ1v) is 10.7. The average Bonchev–Trinajstić information content (AvgIpc) is 2.66. The maximum absolute atomic E-state index is 13.0. The molecule has 1 saturated heterocycles. The number of sulfonamides is 1. The number of aryl methyl sites for hydroxylation is 1. The summed E-state index contributed by atoms with van der Waals surface area (Å²) in [6.07, 6.45) is 1.30. The summed E-state index contributed by atoms with van der Waals surface area (Å²) in [7, 11) is -2.46. The lowest BCUT2D eigenvalue weighted by Crippen LogP contribution is -2.46. The first-order chi connectivity index (χ1) is 13.1. The van der Waals surface area contributed by atoms with Crippen molar-refractivity contribution in [2.75, 3.05) is 26.8 Å². The van der Waals surface area contributed by atoms with Crippen LogP contribution in [0.5, 0.6) is 5.75 Å². The molecule has 1 amide bonds. The van der Waals surface area contributed by atoms with Crippen LogP contribution < -0.4 is 10.1 Å². The highest BCUT2D eigenvalue weighted by molar-refractivity contribution is 7.89. The fraction of sp³-hybridized carbons (Fsp3) is 0.579. The van der Waals surface area contributed by atoms with Crippen LogP contribution in [0.2, 0.25) is 0 Å². The summed E-state index contributed by atoms with van der Waals surface area (Å²) >= 11 is 0. The molecule has 0 aromatic heterocycles. The highest BCUT2D eigenvalue weighted by Gasteiger charge is 2.33. The summed E-state index contributed by atoms with van der Waals surface area (Å²) in [6, 6.07) is 4.50. The molecule has 0 saturated carbocycles. The predicted octanol–water partition coefficient (Wildman–Crippen LogP) is 1.47. The molecule has 1 aromatic carbocycles. The number of hydrogen-bond donors (Lipinski definition) is 1. The third kappa shape index (κ3) is 5.45. The van der Waals surface area contributed by atoms with Gasteiger partial charge in [-0.25, -0.2) is 13.2 Å². The average molecular weight is 413 g/mol. The molecule has 156 valence electrons. The van der Waals surface area contributed by atoms with Crippen molar-refractivity contribution in [1.82, 2.24) is 9.62 Å². The Morgan fingerprint density at radius 2 is 2.04 bits per heavy atom. The summed E-state index contributed by atoms with van der Waals surface area (Å²) in [6.45, 7) is 5.76. The molecule has 0 spiro atoms. The van der Waals surface area contributed by atoms with Crippen LogP contribution >= 0.6 is 0 Å². The quantitative estimate of drug-likeness (QED) is 0.681. The van der Waals surface area contributed by atoms with E-state index in [0.717, 1.165) is 0 Å². The number of benzene rings is 1. The van der Waals surface area contributed by atoms with Gasteiger partial charge in [0.15, 0.2) is 6.61 Å². The van der Waals surface area contributed by atoms with Gasteiger partial charge in [0, 0.05) is 19.1 Å². The van der Waals surface area contributed by atoms with Crippen LogP contribution in [0.25, 0.3) is 0 Å². The minimum absolute atomic E-state index is 0.0136. The molecule has 0 aliphatic carbocycles. The van der Waals surface area contributed by atoms with Crippen LogP contribution in [-0.2, 0) is 24.3 Å². The Hall–Kier alpha value is -2.13. The van der Waals surface area contributed by atoms with Crippen molar-refractivity contribution in [2.45, 2.75) is 44.6 Å². The molecule has 8 nitrogen and oxygen atoms in total. The van der Waals surface area contributed by atoms with E-state index in [9.17, 15) is 18.0 Å². The molecule has 2 rings (SSSR count). The highest BCUT2D eigenvalue weighted by atomic mass is 32.2. The van der Waals surface area contributed by atoms with Gasteiger partial charge in [0.2, 0.25) is 15.9 Å². The van der Waals surface area contributed by atoms with Gasteiger partial charge in [0.1, 0.15) is 5.75 Å². The molecule has 1 atom stereocenters. The third-order valence-electron chi connectivity index (χ3n) is 4.54. The number of nitrogens with one attached hydrogen (secondary N) is 1. The molecule has 1 aliphatic rings. The SMILES string of the molecule is COC(=O)COc1ccc(S(=O)(=O)N2CCC[C@@H](C(=O)NC(C)C)C2)cc1C. The summed E-state index contributed by atoms with van der Waals surface area (Å²) in [4.78, 5) is 23.6. The molecule has 1 aliphatic heterocycles. The van der Waals surface area contributed by atoms with E-state index >= 15 is 0 Å². The minimum atomic E-state index is -3.73. The van der Waals surface area contributed by atoms with Crippen molar-refractivity contribution in [2.24, 2.45) is 5.92 Å². The zero-order valence-electron chi connectivity index (χ0n) is 16.7. The topological polar surface area (TPSA) is 102 Å². The number of piperidine rings is 1. The lowest BCUT2D eigenvalue weighted by molar-refractivity contribution is -0.142. The molecule has 1 heterocycles. The van der Waals surface area contributed by atoms with Gasteiger partial charge in [0.25, 0.3) is 0 Å². The maximum atomic E-state index is 13.0. The van der Waals surface area contributed by atoms with E-state index in [-0.39, 0.29) is 35.9 Å². The van der Waals surface area contributed by atoms with Crippen LogP contribution in [0.3, 0.4) is 0 Å². The van der Waals surface area contributed by atoms with Crippen molar-refractivity contribution >= 4 is 21.9 Å². The van der Waals surface area contributed by atoms with Gasteiger partial charge < -0.3 is 14.8 Å². The Labute approximate surface area is 166 Å². The van der Waals surface area contributed by atoms with Gasteiger partial charge in [-0.2, -0.15) is 4.31 Å². The largest absolute Gasteiger partial charge is 0.482 e. The zero-order chi connectivity index (χ0) is 20.9. The highest BCUT2D eigenvalue weighted by Crippen LogP contribution is 2.27. The van der Waals surface area contributed by atoms with Crippen molar-refractivity contribution in [3.8, 4) is 5.75 Å². The molecule has 28 heavy (non-hydrogen) atoms. The summed E-state index contributed by atoms with van der Waals surface area (Å²) in [5.41, 5.74) is 0.594. The lowest BCUT2D eigenvalue weighted by atomic mass is 9.98. The summed E-state index contributed by atoms with van der Waals surface area (Å²) in [5.74, 6) is -0.570. The Kier molecular flexibility index (Phi) is 7.42. The van der Waals surface area contributed by atoms with Gasteiger partial charge in [-0.05, 0) is 57.4 Å². The van der Waals surface area contributed by atoms with E-state index in [1.165, 1.54) is 29.6 Å². The number of amides is 1. The van der Waals surface area contributed by atoms with Crippen molar-refractivity contribution in [3.63, 3.8) is 0 Å². The number of hydrogen-bond acceptors (Lipinski definition) is 6. The van der Waals surface area contributed by atoms with Crippen LogP contribution in [0.1, 0.15) is 32.3 Å². The van der Waals surface area contributed by atoms with Crippen molar-refractivity contribution in [3.05, 3.63) is 23.8 Å². The van der Waals surface area contributed by atoms with Gasteiger partial charge in [-0.1, -0.05) is 0 Å². The monoisotopic (exact) mass is 412 g/mol. The molecule has 0 bridgehead atoms. The van der Waals surface area contributed by atoms with Gasteiger partial charge in [-0.15, -0.1) is 0 Å². The smallest absolute Gasteiger partial charge is 0.343 e. The number of nitrogens with zero attached hydrogens (tertiary/aromatic N) is 1. The summed E-state index contributed by atoms with van der Waals surface area (Å²) in [5, 5.41) is 2.85. The van der Waals surface area contributed by atoms with E-state index in [2.05, 4.69) is 10.1 Å². The summed E-state index contributed by atoms with van der Waals surface area (Å²) < 4.78 is 37.3. The van der Waals surface area contributed by atoms with Crippen LogP contribution in [0.4, 0.5) is 0 Å². The molecule has 1 fully saturated rings. The standard InChI is InChI=1S/C19H28N2O6S/c1-13(2)20-19(23)15-6-5-9-21(11-15)28(24,25)16-7-8-17(14(3)10-16)27-12-18(22)26-4/h7-8,10,13,15H,5-6,9,11-12H2,1-4H3,(H,20,23)/t15-/m1/s1. The van der Waals surface area contributed by atoms with Crippen LogP contribution in [0, 0.1) is 12.8 Å². The fourth-order valence-corrected chi connectivity index (χ4v) is 4.68. The first kappa shape index (κ1) is 22.2. The van der Waals surface area contributed by atoms with Gasteiger partial charge >= 0.3 is 5.97 Å². The molecule has 9 heteroatoms. The normalized spacial score (nSPS) is 18.0. The number of carbonyl (C=O) groups is 2. The number of ether oxygens (including phenoxy) is 2. The number of methoxy groups -OCH3 is 1. The number of esters is 1. The molecule has 1 aromatic rings. The first-order valence-electron chi connectivity index (χ1n) is 9.26. The number of rotatable bonds is 7. The Morgan fingerprint density at radius 3 is 2.64 bits per heavy atom. The van der Waals surface area contributed by atoms with E-state index < -0.39 is 16.0 Å². The predicted molar refractivity (Wildman–Crippen MR) is 103 cm³/mol. The second-order valence-corrected chi connectivity index (χ2v) is 9.10. The van der Waals surface area contributed by atoms with E-state index in [0.29, 0.717) is 30.7 Å². The molecular weight excluding hydrogens is 384 g/mol. The fourth-order valence-electron chi connectivity index (χ4n) is 3.07. The second kappa shape index (κ2) is 9.38. The van der Waals surface area contributed by atoms with Gasteiger partial charge in [0.05, 0.1) is 17.9 Å². The van der Waals surface area contributed by atoms with Crippen LogP contribution in [-0.4, -0.2) is 57.4 Å². The van der Waals surface area contributed by atoms with Crippen molar-refractivity contribution in [1.29, 1.82) is 0 Å². The number of carbonyl (C=O) groups excluding carboxylic acids is 2. The molecule has 0 unspecified atom stereocenters. The third-order valence-corrected chi connectivity index (χ3v) is 6.40. The van der Waals surface area contributed by atoms with Crippen LogP contribution in [0.15, 0.2) is 23.1 Å². The molecular formula is C19H28N2O6S.